The van der Waals surface area contributed by atoms with Crippen LogP contribution in [0.25, 0.3) is 0 Å². The summed E-state index contributed by atoms with van der Waals surface area (Å²) in [5.74, 6) is -0.363. The van der Waals surface area contributed by atoms with E-state index in [1.54, 1.807) is 35.2 Å². The molecule has 1 atom stereocenters. The molecule has 0 aromatic heterocycles. The van der Waals surface area contributed by atoms with Crippen molar-refractivity contribution in [2.45, 2.75) is 18.4 Å². The summed E-state index contributed by atoms with van der Waals surface area (Å²) >= 11 is 5.89. The van der Waals surface area contributed by atoms with Crippen LogP contribution in [0.4, 0.5) is 0 Å². The van der Waals surface area contributed by atoms with Crippen LogP contribution in [-0.4, -0.2) is 29.9 Å². The van der Waals surface area contributed by atoms with Crippen molar-refractivity contribution in [2.75, 3.05) is 13.1 Å². The molecule has 4 rings (SSSR count). The van der Waals surface area contributed by atoms with Gasteiger partial charge in [0.05, 0.1) is 12.1 Å². The number of likely N-dealkylation sites (tertiary alicyclic amines) is 1. The van der Waals surface area contributed by atoms with E-state index in [1.165, 1.54) is 0 Å². The Balaban J connectivity index is 1.64. The monoisotopic (exact) mass is 341 g/mol. The van der Waals surface area contributed by atoms with Crippen molar-refractivity contribution >= 4 is 23.5 Å². The minimum atomic E-state index is -0.714. The van der Waals surface area contributed by atoms with Crippen LogP contribution in [0.5, 0.6) is 0 Å². The first-order chi connectivity index (χ1) is 11.6. The SMILES string of the molecule is O=C1OC2(CCCN(C(=O)c3ccc(Cl)cc3)C2)c2ccccc21. The van der Waals surface area contributed by atoms with E-state index in [0.717, 1.165) is 18.4 Å². The lowest BCUT2D eigenvalue weighted by Crippen LogP contribution is -2.48. The molecule has 1 fully saturated rings. The van der Waals surface area contributed by atoms with Gasteiger partial charge in [-0.1, -0.05) is 29.8 Å². The van der Waals surface area contributed by atoms with Gasteiger partial charge in [0.15, 0.2) is 5.60 Å². The van der Waals surface area contributed by atoms with Crippen LogP contribution in [0.3, 0.4) is 0 Å². The standard InChI is InChI=1S/C19H16ClNO3/c20-14-8-6-13(7-9-14)17(22)21-11-3-10-19(12-21)16-5-2-1-4-15(16)18(23)24-19/h1-2,4-9H,3,10-12H2. The fourth-order valence-corrected chi connectivity index (χ4v) is 3.75. The molecule has 0 N–H and O–H groups in total. The summed E-state index contributed by atoms with van der Waals surface area (Å²) in [6, 6.07) is 14.3. The van der Waals surface area contributed by atoms with Crippen molar-refractivity contribution in [1.29, 1.82) is 0 Å². The van der Waals surface area contributed by atoms with Crippen molar-refractivity contribution in [1.82, 2.24) is 4.90 Å². The maximum Gasteiger partial charge on any atom is 0.339 e. The van der Waals surface area contributed by atoms with Crippen LogP contribution in [0.2, 0.25) is 5.02 Å². The van der Waals surface area contributed by atoms with Gasteiger partial charge in [-0.25, -0.2) is 4.79 Å². The second-order valence-electron chi connectivity index (χ2n) is 6.27. The maximum atomic E-state index is 12.8. The number of piperidine rings is 1. The third-order valence-corrected chi connectivity index (χ3v) is 5.01. The molecule has 5 heteroatoms. The quantitative estimate of drug-likeness (QED) is 0.744. The Bertz CT molecular complexity index is 818. The van der Waals surface area contributed by atoms with Crippen LogP contribution in [0.1, 0.15) is 39.1 Å². The molecule has 4 nitrogen and oxygen atoms in total. The third-order valence-electron chi connectivity index (χ3n) is 4.76. The largest absolute Gasteiger partial charge is 0.449 e. The van der Waals surface area contributed by atoms with Gasteiger partial charge in [-0.3, -0.25) is 4.79 Å². The molecule has 0 radical (unpaired) electrons. The summed E-state index contributed by atoms with van der Waals surface area (Å²) in [7, 11) is 0. The highest BCUT2D eigenvalue weighted by molar-refractivity contribution is 6.30. The topological polar surface area (TPSA) is 46.6 Å². The van der Waals surface area contributed by atoms with Gasteiger partial charge in [0.1, 0.15) is 0 Å². The number of benzene rings is 2. The highest BCUT2D eigenvalue weighted by Gasteiger charge is 2.48. The van der Waals surface area contributed by atoms with E-state index in [4.69, 9.17) is 16.3 Å². The van der Waals surface area contributed by atoms with Crippen molar-refractivity contribution < 1.29 is 14.3 Å². The number of amides is 1. The van der Waals surface area contributed by atoms with Gasteiger partial charge in [-0.2, -0.15) is 0 Å². The molecule has 0 saturated carbocycles. The number of halogens is 1. The number of nitrogens with zero attached hydrogens (tertiary/aromatic N) is 1. The zero-order valence-corrected chi connectivity index (χ0v) is 13.8. The first-order valence-electron chi connectivity index (χ1n) is 7.97. The molecule has 24 heavy (non-hydrogen) atoms. The van der Waals surface area contributed by atoms with E-state index < -0.39 is 5.60 Å². The minimum absolute atomic E-state index is 0.0637. The van der Waals surface area contributed by atoms with E-state index in [2.05, 4.69) is 0 Å². The van der Waals surface area contributed by atoms with E-state index in [0.29, 0.717) is 29.2 Å². The predicted molar refractivity (Wildman–Crippen MR) is 90.1 cm³/mol. The fraction of sp³-hybridized carbons (Fsp3) is 0.263. The smallest absolute Gasteiger partial charge is 0.339 e. The Morgan fingerprint density at radius 1 is 1.12 bits per heavy atom. The summed E-state index contributed by atoms with van der Waals surface area (Å²) in [5.41, 5.74) is 1.38. The molecule has 1 saturated heterocycles. The van der Waals surface area contributed by atoms with Gasteiger partial charge in [0, 0.05) is 22.7 Å². The average Bonchev–Trinajstić information content (AvgIpc) is 2.87. The molecule has 0 bridgehead atoms. The summed E-state index contributed by atoms with van der Waals surface area (Å²) in [6.45, 7) is 1.04. The van der Waals surface area contributed by atoms with Crippen molar-refractivity contribution in [3.8, 4) is 0 Å². The van der Waals surface area contributed by atoms with Crippen molar-refractivity contribution in [3.63, 3.8) is 0 Å². The molecule has 2 aliphatic rings. The zero-order chi connectivity index (χ0) is 16.7. The summed E-state index contributed by atoms with van der Waals surface area (Å²) < 4.78 is 5.74. The molecule has 1 amide bonds. The van der Waals surface area contributed by atoms with Crippen LogP contribution in [0.15, 0.2) is 48.5 Å². The Labute approximate surface area is 145 Å². The van der Waals surface area contributed by atoms with Gasteiger partial charge in [-0.05, 0) is 43.2 Å². The number of fused-ring (bicyclic) bond motifs is 2. The Hall–Kier alpha value is -2.33. The Kier molecular flexibility index (Phi) is 3.57. The minimum Gasteiger partial charge on any atom is -0.449 e. The first kappa shape index (κ1) is 15.2. The number of hydrogen-bond acceptors (Lipinski definition) is 3. The molecule has 1 unspecified atom stereocenters. The van der Waals surface area contributed by atoms with E-state index in [-0.39, 0.29) is 11.9 Å². The third kappa shape index (κ3) is 2.38. The lowest BCUT2D eigenvalue weighted by atomic mass is 9.85. The summed E-state index contributed by atoms with van der Waals surface area (Å²) in [5, 5.41) is 0.598. The highest BCUT2D eigenvalue weighted by Crippen LogP contribution is 2.42. The zero-order valence-electron chi connectivity index (χ0n) is 13.0. The molecular formula is C19H16ClNO3. The summed E-state index contributed by atoms with van der Waals surface area (Å²) in [4.78, 5) is 26.7. The number of esters is 1. The van der Waals surface area contributed by atoms with Crippen molar-refractivity contribution in [3.05, 3.63) is 70.2 Å². The van der Waals surface area contributed by atoms with Crippen molar-refractivity contribution in [2.24, 2.45) is 0 Å². The first-order valence-corrected chi connectivity index (χ1v) is 8.35. The molecule has 2 heterocycles. The number of carbonyl (C=O) groups is 2. The molecule has 2 aromatic rings. The van der Waals surface area contributed by atoms with E-state index >= 15 is 0 Å². The van der Waals surface area contributed by atoms with Gasteiger partial charge >= 0.3 is 5.97 Å². The predicted octanol–water partition coefficient (Wildman–Crippen LogP) is 3.64. The van der Waals surface area contributed by atoms with E-state index in [9.17, 15) is 9.59 Å². The molecule has 0 aliphatic carbocycles. The number of ether oxygens (including phenoxy) is 1. The van der Waals surface area contributed by atoms with Crippen LogP contribution < -0.4 is 0 Å². The second kappa shape index (κ2) is 5.64. The van der Waals surface area contributed by atoms with Gasteiger partial charge < -0.3 is 9.64 Å². The number of carbonyl (C=O) groups excluding carboxylic acids is 2. The normalized spacial score (nSPS) is 22.4. The fourth-order valence-electron chi connectivity index (χ4n) is 3.62. The lowest BCUT2D eigenvalue weighted by Gasteiger charge is -2.39. The van der Waals surface area contributed by atoms with E-state index in [1.807, 2.05) is 18.2 Å². The van der Waals surface area contributed by atoms with Crippen LogP contribution in [-0.2, 0) is 10.3 Å². The molecule has 122 valence electrons. The van der Waals surface area contributed by atoms with Gasteiger partial charge in [0.25, 0.3) is 5.91 Å². The number of rotatable bonds is 1. The molecule has 1 spiro atoms. The number of hydrogen-bond donors (Lipinski definition) is 0. The summed E-state index contributed by atoms with van der Waals surface area (Å²) in [6.07, 6.45) is 1.53. The lowest BCUT2D eigenvalue weighted by molar-refractivity contribution is -0.0442. The second-order valence-corrected chi connectivity index (χ2v) is 6.70. The van der Waals surface area contributed by atoms with Gasteiger partial charge in [0.2, 0.25) is 0 Å². The van der Waals surface area contributed by atoms with Crippen LogP contribution >= 0.6 is 11.6 Å². The molecule has 2 aliphatic heterocycles. The molecule has 2 aromatic carbocycles. The highest BCUT2D eigenvalue weighted by atomic mass is 35.5. The maximum absolute atomic E-state index is 12.8. The van der Waals surface area contributed by atoms with Crippen LogP contribution in [0, 0.1) is 0 Å². The Morgan fingerprint density at radius 2 is 1.88 bits per heavy atom. The molecular weight excluding hydrogens is 326 g/mol. The van der Waals surface area contributed by atoms with Gasteiger partial charge in [-0.15, -0.1) is 0 Å². The Morgan fingerprint density at radius 3 is 2.67 bits per heavy atom. The average molecular weight is 342 g/mol.